The normalized spacial score (nSPS) is 9.55. The summed E-state index contributed by atoms with van der Waals surface area (Å²) in [5, 5.41) is 8.58. The first-order valence-corrected chi connectivity index (χ1v) is 3.66. The van der Waals surface area contributed by atoms with Crippen LogP contribution in [0.15, 0.2) is 0 Å². The molecule has 0 radical (unpaired) electrons. The van der Waals surface area contributed by atoms with Crippen LogP contribution in [0.3, 0.4) is 0 Å². The van der Waals surface area contributed by atoms with Gasteiger partial charge in [-0.1, -0.05) is 0 Å². The van der Waals surface area contributed by atoms with Gasteiger partial charge in [0.2, 0.25) is 0 Å². The van der Waals surface area contributed by atoms with Crippen LogP contribution < -0.4 is 21.7 Å². The fourth-order valence-corrected chi connectivity index (χ4v) is 0.612. The number of urea groups is 1. The van der Waals surface area contributed by atoms with E-state index >= 15 is 0 Å². The van der Waals surface area contributed by atoms with Gasteiger partial charge in [-0.15, -0.1) is 0 Å². The standard InChI is InChI=1S/C6H16N4O/c1-8-2-3-9-4-5-10-6(7)11/h8-9H,2-5H2,1H3,(H3,7,10,11). The number of hydrogen-bond acceptors (Lipinski definition) is 3. The van der Waals surface area contributed by atoms with Crippen LogP contribution in [0, 0.1) is 0 Å². The predicted octanol–water partition coefficient (Wildman–Crippen LogP) is -1.54. The molecule has 0 saturated heterocycles. The number of amides is 2. The molecule has 2 amide bonds. The second-order valence-corrected chi connectivity index (χ2v) is 2.14. The number of hydrogen-bond donors (Lipinski definition) is 4. The van der Waals surface area contributed by atoms with E-state index in [1.165, 1.54) is 0 Å². The van der Waals surface area contributed by atoms with Crippen molar-refractivity contribution < 1.29 is 4.79 Å². The summed E-state index contributed by atoms with van der Waals surface area (Å²) in [5.74, 6) is 0. The van der Waals surface area contributed by atoms with Gasteiger partial charge in [-0.05, 0) is 7.05 Å². The molecule has 0 fully saturated rings. The highest BCUT2D eigenvalue weighted by atomic mass is 16.2. The minimum atomic E-state index is -0.472. The summed E-state index contributed by atoms with van der Waals surface area (Å²) in [6, 6.07) is -0.472. The number of carbonyl (C=O) groups excluding carboxylic acids is 1. The van der Waals surface area contributed by atoms with Crippen molar-refractivity contribution in [1.29, 1.82) is 0 Å². The van der Waals surface area contributed by atoms with Crippen LogP contribution in [0.1, 0.15) is 0 Å². The quantitative estimate of drug-likeness (QED) is 0.356. The predicted molar refractivity (Wildman–Crippen MR) is 44.4 cm³/mol. The summed E-state index contributed by atoms with van der Waals surface area (Å²) < 4.78 is 0. The van der Waals surface area contributed by atoms with Gasteiger partial charge in [0.1, 0.15) is 0 Å². The van der Waals surface area contributed by atoms with Crippen LogP contribution in [0.4, 0.5) is 4.79 Å². The number of carbonyl (C=O) groups is 1. The Morgan fingerprint density at radius 1 is 1.27 bits per heavy atom. The lowest BCUT2D eigenvalue weighted by atomic mass is 10.5. The van der Waals surface area contributed by atoms with E-state index in [1.54, 1.807) is 0 Å². The molecule has 5 N–H and O–H groups in total. The van der Waals surface area contributed by atoms with Crippen molar-refractivity contribution in [3.63, 3.8) is 0 Å². The van der Waals surface area contributed by atoms with Gasteiger partial charge in [0.05, 0.1) is 0 Å². The minimum absolute atomic E-state index is 0.472. The van der Waals surface area contributed by atoms with Gasteiger partial charge in [0.15, 0.2) is 0 Å². The first-order chi connectivity index (χ1) is 5.27. The number of rotatable bonds is 6. The first kappa shape index (κ1) is 10.2. The van der Waals surface area contributed by atoms with Gasteiger partial charge >= 0.3 is 6.03 Å². The van der Waals surface area contributed by atoms with Crippen LogP contribution >= 0.6 is 0 Å². The summed E-state index contributed by atoms with van der Waals surface area (Å²) >= 11 is 0. The molecule has 0 aliphatic rings. The van der Waals surface area contributed by atoms with E-state index in [2.05, 4.69) is 16.0 Å². The summed E-state index contributed by atoms with van der Waals surface area (Å²) in [4.78, 5) is 10.2. The van der Waals surface area contributed by atoms with E-state index in [4.69, 9.17) is 5.73 Å². The summed E-state index contributed by atoms with van der Waals surface area (Å²) in [6.45, 7) is 3.16. The number of nitrogens with two attached hydrogens (primary N) is 1. The van der Waals surface area contributed by atoms with Gasteiger partial charge in [0, 0.05) is 26.2 Å². The average molecular weight is 160 g/mol. The third-order valence-electron chi connectivity index (χ3n) is 1.15. The van der Waals surface area contributed by atoms with E-state index in [9.17, 15) is 4.79 Å². The van der Waals surface area contributed by atoms with Crippen molar-refractivity contribution in [2.45, 2.75) is 0 Å². The Bertz CT molecular complexity index is 107. The summed E-state index contributed by atoms with van der Waals surface area (Å²) in [5.41, 5.74) is 4.84. The van der Waals surface area contributed by atoms with Crippen LogP contribution in [-0.2, 0) is 0 Å². The zero-order valence-corrected chi connectivity index (χ0v) is 6.81. The van der Waals surface area contributed by atoms with Gasteiger partial charge in [-0.3, -0.25) is 0 Å². The van der Waals surface area contributed by atoms with Crippen molar-refractivity contribution >= 4 is 6.03 Å². The van der Waals surface area contributed by atoms with Crippen LogP contribution in [0.2, 0.25) is 0 Å². The molecule has 0 bridgehead atoms. The van der Waals surface area contributed by atoms with Crippen LogP contribution in [-0.4, -0.2) is 39.3 Å². The smallest absolute Gasteiger partial charge is 0.312 e. The lowest BCUT2D eigenvalue weighted by Gasteiger charge is -2.03. The molecular weight excluding hydrogens is 144 g/mol. The second-order valence-electron chi connectivity index (χ2n) is 2.14. The molecule has 0 aromatic carbocycles. The Hall–Kier alpha value is -0.810. The Kier molecular flexibility index (Phi) is 6.76. The lowest BCUT2D eigenvalue weighted by molar-refractivity contribution is 0.249. The van der Waals surface area contributed by atoms with Crippen molar-refractivity contribution in [3.8, 4) is 0 Å². The van der Waals surface area contributed by atoms with Crippen molar-refractivity contribution in [2.24, 2.45) is 5.73 Å². The lowest BCUT2D eigenvalue weighted by Crippen LogP contribution is -2.36. The molecule has 0 rings (SSSR count). The highest BCUT2D eigenvalue weighted by Gasteiger charge is 1.89. The van der Waals surface area contributed by atoms with Crippen molar-refractivity contribution in [3.05, 3.63) is 0 Å². The summed E-state index contributed by atoms with van der Waals surface area (Å²) in [7, 11) is 1.89. The molecule has 0 heterocycles. The van der Waals surface area contributed by atoms with E-state index in [0.29, 0.717) is 6.54 Å². The fraction of sp³-hybridized carbons (Fsp3) is 0.833. The van der Waals surface area contributed by atoms with Gasteiger partial charge in [-0.2, -0.15) is 0 Å². The topological polar surface area (TPSA) is 79.2 Å². The molecule has 0 atom stereocenters. The van der Waals surface area contributed by atoms with Crippen LogP contribution in [0.25, 0.3) is 0 Å². The Morgan fingerprint density at radius 3 is 2.45 bits per heavy atom. The highest BCUT2D eigenvalue weighted by molar-refractivity contribution is 5.71. The molecule has 0 aromatic heterocycles. The van der Waals surface area contributed by atoms with E-state index in [-0.39, 0.29) is 0 Å². The maximum atomic E-state index is 10.2. The molecule has 5 nitrogen and oxygen atoms in total. The molecule has 0 aliphatic carbocycles. The maximum Gasteiger partial charge on any atom is 0.312 e. The van der Waals surface area contributed by atoms with Gasteiger partial charge < -0.3 is 21.7 Å². The highest BCUT2D eigenvalue weighted by Crippen LogP contribution is 1.59. The number of likely N-dealkylation sites (N-methyl/N-ethyl adjacent to an activating group) is 1. The van der Waals surface area contributed by atoms with Crippen molar-refractivity contribution in [2.75, 3.05) is 33.2 Å². The third kappa shape index (κ3) is 9.19. The summed E-state index contributed by atoms with van der Waals surface area (Å²) in [6.07, 6.45) is 0. The SMILES string of the molecule is CNCCNCCNC(N)=O. The maximum absolute atomic E-state index is 10.2. The number of primary amides is 1. The molecular formula is C6H16N4O. The average Bonchev–Trinajstić information content (AvgIpc) is 1.96. The molecule has 66 valence electrons. The largest absolute Gasteiger partial charge is 0.352 e. The fourth-order valence-electron chi connectivity index (χ4n) is 0.612. The third-order valence-corrected chi connectivity index (χ3v) is 1.15. The van der Waals surface area contributed by atoms with Gasteiger partial charge in [0.25, 0.3) is 0 Å². The molecule has 0 aromatic rings. The molecule has 11 heavy (non-hydrogen) atoms. The zero-order valence-electron chi connectivity index (χ0n) is 6.81. The Morgan fingerprint density at radius 2 is 1.91 bits per heavy atom. The zero-order chi connectivity index (χ0) is 8.53. The van der Waals surface area contributed by atoms with Crippen molar-refractivity contribution in [1.82, 2.24) is 16.0 Å². The second kappa shape index (κ2) is 7.30. The van der Waals surface area contributed by atoms with E-state index in [0.717, 1.165) is 19.6 Å². The molecule has 0 aliphatic heterocycles. The molecule has 0 unspecified atom stereocenters. The number of nitrogens with one attached hydrogen (secondary N) is 3. The van der Waals surface area contributed by atoms with E-state index < -0.39 is 6.03 Å². The molecule has 0 spiro atoms. The minimum Gasteiger partial charge on any atom is -0.352 e. The van der Waals surface area contributed by atoms with Gasteiger partial charge in [-0.25, -0.2) is 4.79 Å². The first-order valence-electron chi connectivity index (χ1n) is 3.66. The van der Waals surface area contributed by atoms with E-state index in [1.807, 2.05) is 7.05 Å². The van der Waals surface area contributed by atoms with Crippen LogP contribution in [0.5, 0.6) is 0 Å². The molecule has 5 heteroatoms. The Labute approximate surface area is 66.7 Å². The monoisotopic (exact) mass is 160 g/mol. The Balaban J connectivity index is 2.85. The molecule has 0 saturated carbocycles.